The quantitative estimate of drug-likeness (QED) is 0.718. The third-order valence-corrected chi connectivity index (χ3v) is 4.76. The van der Waals surface area contributed by atoms with Crippen LogP contribution in [-0.4, -0.2) is 36.6 Å². The Morgan fingerprint density at radius 2 is 1.89 bits per heavy atom. The number of benzene rings is 2. The van der Waals surface area contributed by atoms with Crippen molar-refractivity contribution in [2.24, 2.45) is 0 Å². The number of halogens is 1. The SMILES string of the molecule is O=C(CNC(=O)c1ccccc1F)Nc1nc2cc3c(cc2s1)OCCO3. The molecule has 4 rings (SSSR count). The Hall–Kier alpha value is -3.20. The molecule has 0 saturated heterocycles. The minimum Gasteiger partial charge on any atom is -0.486 e. The van der Waals surface area contributed by atoms with Crippen molar-refractivity contribution in [2.75, 3.05) is 25.1 Å². The summed E-state index contributed by atoms with van der Waals surface area (Å²) < 4.78 is 25.4. The van der Waals surface area contributed by atoms with Crippen molar-refractivity contribution in [3.8, 4) is 11.5 Å². The van der Waals surface area contributed by atoms with Crippen LogP contribution in [-0.2, 0) is 4.79 Å². The van der Waals surface area contributed by atoms with Crippen molar-refractivity contribution in [1.29, 1.82) is 0 Å². The minimum absolute atomic E-state index is 0.115. The van der Waals surface area contributed by atoms with E-state index in [1.165, 1.54) is 29.5 Å². The summed E-state index contributed by atoms with van der Waals surface area (Å²) in [6.07, 6.45) is 0. The molecule has 2 N–H and O–H groups in total. The zero-order valence-corrected chi connectivity index (χ0v) is 14.8. The lowest BCUT2D eigenvalue weighted by molar-refractivity contribution is -0.115. The molecule has 1 aliphatic rings. The molecule has 1 aromatic heterocycles. The van der Waals surface area contributed by atoms with Gasteiger partial charge in [-0.2, -0.15) is 0 Å². The number of carbonyl (C=O) groups is 2. The van der Waals surface area contributed by atoms with E-state index in [2.05, 4.69) is 15.6 Å². The van der Waals surface area contributed by atoms with Gasteiger partial charge in [0.05, 0.1) is 22.3 Å². The fraction of sp³-hybridized carbons (Fsp3) is 0.167. The molecule has 0 unspecified atom stereocenters. The molecule has 0 radical (unpaired) electrons. The van der Waals surface area contributed by atoms with E-state index < -0.39 is 17.6 Å². The van der Waals surface area contributed by atoms with Crippen LogP contribution in [0.1, 0.15) is 10.4 Å². The molecule has 9 heteroatoms. The molecule has 3 aromatic rings. The maximum Gasteiger partial charge on any atom is 0.254 e. The van der Waals surface area contributed by atoms with E-state index in [1.54, 1.807) is 12.1 Å². The third-order valence-electron chi connectivity index (χ3n) is 3.83. The van der Waals surface area contributed by atoms with Gasteiger partial charge in [-0.15, -0.1) is 0 Å². The van der Waals surface area contributed by atoms with Gasteiger partial charge in [0.1, 0.15) is 19.0 Å². The van der Waals surface area contributed by atoms with E-state index in [-0.39, 0.29) is 12.1 Å². The van der Waals surface area contributed by atoms with E-state index >= 15 is 0 Å². The summed E-state index contributed by atoms with van der Waals surface area (Å²) in [6, 6.07) is 9.14. The average molecular weight is 387 g/mol. The predicted octanol–water partition coefficient (Wildman–Crippen LogP) is 2.58. The van der Waals surface area contributed by atoms with Crippen molar-refractivity contribution in [1.82, 2.24) is 10.3 Å². The molecular weight excluding hydrogens is 373 g/mol. The monoisotopic (exact) mass is 387 g/mol. The van der Waals surface area contributed by atoms with Crippen LogP contribution in [0.5, 0.6) is 11.5 Å². The zero-order valence-electron chi connectivity index (χ0n) is 14.0. The van der Waals surface area contributed by atoms with Crippen LogP contribution < -0.4 is 20.1 Å². The normalized spacial score (nSPS) is 12.6. The van der Waals surface area contributed by atoms with Gasteiger partial charge in [0, 0.05) is 12.1 Å². The lowest BCUT2D eigenvalue weighted by Crippen LogP contribution is -2.33. The first-order chi connectivity index (χ1) is 13.1. The van der Waals surface area contributed by atoms with Gasteiger partial charge in [-0.05, 0) is 12.1 Å². The van der Waals surface area contributed by atoms with Crippen LogP contribution in [0.4, 0.5) is 9.52 Å². The molecule has 0 spiro atoms. The Morgan fingerprint density at radius 3 is 2.67 bits per heavy atom. The molecule has 0 atom stereocenters. The number of thiazole rings is 1. The van der Waals surface area contributed by atoms with Crippen LogP contribution in [0.2, 0.25) is 0 Å². The number of nitrogens with zero attached hydrogens (tertiary/aromatic N) is 1. The minimum atomic E-state index is -0.658. The van der Waals surface area contributed by atoms with Crippen LogP contribution in [0.25, 0.3) is 10.2 Å². The van der Waals surface area contributed by atoms with Crippen molar-refractivity contribution >= 4 is 38.5 Å². The molecule has 2 aromatic carbocycles. The second kappa shape index (κ2) is 7.20. The Kier molecular flexibility index (Phi) is 4.59. The molecule has 0 fully saturated rings. The number of hydrogen-bond donors (Lipinski definition) is 2. The number of carbonyl (C=O) groups excluding carboxylic acids is 2. The zero-order chi connectivity index (χ0) is 18.8. The Labute approximate surface area is 157 Å². The third kappa shape index (κ3) is 3.68. The number of fused-ring (bicyclic) bond motifs is 2. The van der Waals surface area contributed by atoms with Crippen LogP contribution in [0.15, 0.2) is 36.4 Å². The number of rotatable bonds is 4. The molecule has 2 amide bonds. The Balaban J connectivity index is 1.41. The molecular formula is C18H14FN3O4S. The number of ether oxygens (including phenoxy) is 2. The van der Waals surface area contributed by atoms with Crippen molar-refractivity contribution in [3.63, 3.8) is 0 Å². The van der Waals surface area contributed by atoms with Gasteiger partial charge in [0.15, 0.2) is 16.6 Å². The predicted molar refractivity (Wildman–Crippen MR) is 98.0 cm³/mol. The molecule has 138 valence electrons. The van der Waals surface area contributed by atoms with Crippen LogP contribution >= 0.6 is 11.3 Å². The Morgan fingerprint density at radius 1 is 1.15 bits per heavy atom. The molecule has 0 aliphatic carbocycles. The smallest absolute Gasteiger partial charge is 0.254 e. The summed E-state index contributed by atoms with van der Waals surface area (Å²) in [5.74, 6) is -0.498. The van der Waals surface area contributed by atoms with E-state index in [4.69, 9.17) is 9.47 Å². The second-order valence-electron chi connectivity index (χ2n) is 5.69. The second-order valence-corrected chi connectivity index (χ2v) is 6.72. The van der Waals surface area contributed by atoms with Gasteiger partial charge in [-0.3, -0.25) is 9.59 Å². The molecule has 0 saturated carbocycles. The first kappa shape index (κ1) is 17.2. The van der Waals surface area contributed by atoms with Gasteiger partial charge in [-0.1, -0.05) is 23.5 Å². The highest BCUT2D eigenvalue weighted by atomic mass is 32.1. The van der Waals surface area contributed by atoms with Gasteiger partial charge in [0.2, 0.25) is 5.91 Å². The largest absolute Gasteiger partial charge is 0.486 e. The van der Waals surface area contributed by atoms with Crippen LogP contribution in [0.3, 0.4) is 0 Å². The van der Waals surface area contributed by atoms with Crippen molar-refractivity contribution < 1.29 is 23.5 Å². The fourth-order valence-corrected chi connectivity index (χ4v) is 3.48. The first-order valence-electron chi connectivity index (χ1n) is 8.13. The lowest BCUT2D eigenvalue weighted by Gasteiger charge is -2.17. The highest BCUT2D eigenvalue weighted by Gasteiger charge is 2.17. The lowest BCUT2D eigenvalue weighted by atomic mass is 10.2. The van der Waals surface area contributed by atoms with Gasteiger partial charge in [0.25, 0.3) is 5.91 Å². The van der Waals surface area contributed by atoms with Gasteiger partial charge < -0.3 is 20.1 Å². The Bertz CT molecular complexity index is 994. The molecule has 7 nitrogen and oxygen atoms in total. The highest BCUT2D eigenvalue weighted by Crippen LogP contribution is 2.37. The first-order valence-corrected chi connectivity index (χ1v) is 8.94. The molecule has 1 aliphatic heterocycles. The molecule has 2 heterocycles. The maximum atomic E-state index is 13.6. The fourth-order valence-electron chi connectivity index (χ4n) is 2.58. The summed E-state index contributed by atoms with van der Waals surface area (Å²) in [6.45, 7) is 0.669. The summed E-state index contributed by atoms with van der Waals surface area (Å²) in [5.41, 5.74) is 0.561. The van der Waals surface area contributed by atoms with Crippen molar-refractivity contribution in [2.45, 2.75) is 0 Å². The van der Waals surface area contributed by atoms with Gasteiger partial charge >= 0.3 is 0 Å². The molecule has 27 heavy (non-hydrogen) atoms. The number of nitrogens with one attached hydrogen (secondary N) is 2. The highest BCUT2D eigenvalue weighted by molar-refractivity contribution is 7.22. The summed E-state index contributed by atoms with van der Waals surface area (Å²) >= 11 is 1.28. The van der Waals surface area contributed by atoms with E-state index in [9.17, 15) is 14.0 Å². The van der Waals surface area contributed by atoms with E-state index in [0.29, 0.717) is 35.4 Å². The number of anilines is 1. The number of amides is 2. The summed E-state index contributed by atoms with van der Waals surface area (Å²) in [7, 11) is 0. The maximum absolute atomic E-state index is 13.6. The standard InChI is InChI=1S/C18H14FN3O4S/c19-11-4-2-1-3-10(11)17(24)20-9-16(23)22-18-21-12-7-13-14(8-15(12)27-18)26-6-5-25-13/h1-4,7-8H,5-6,9H2,(H,20,24)(H,21,22,23). The summed E-state index contributed by atoms with van der Waals surface area (Å²) in [4.78, 5) is 28.3. The molecule has 0 bridgehead atoms. The van der Waals surface area contributed by atoms with E-state index in [1.807, 2.05) is 6.07 Å². The van der Waals surface area contributed by atoms with Gasteiger partial charge in [-0.25, -0.2) is 9.37 Å². The number of aromatic nitrogens is 1. The van der Waals surface area contributed by atoms with E-state index in [0.717, 1.165) is 4.70 Å². The van der Waals surface area contributed by atoms with Crippen LogP contribution in [0, 0.1) is 5.82 Å². The average Bonchev–Trinajstić information content (AvgIpc) is 3.05. The van der Waals surface area contributed by atoms with Crippen molar-refractivity contribution in [3.05, 3.63) is 47.8 Å². The summed E-state index contributed by atoms with van der Waals surface area (Å²) in [5, 5.41) is 5.39. The topological polar surface area (TPSA) is 89.6 Å². The number of hydrogen-bond acceptors (Lipinski definition) is 6.